The molecule has 0 radical (unpaired) electrons. The Kier molecular flexibility index (Phi) is 4.35. The van der Waals surface area contributed by atoms with Gasteiger partial charge in [0.1, 0.15) is 11.9 Å². The van der Waals surface area contributed by atoms with Gasteiger partial charge in [-0.3, -0.25) is 0 Å². The number of anilines is 1. The van der Waals surface area contributed by atoms with E-state index in [2.05, 4.69) is 5.32 Å². The number of aliphatic hydroxyl groups is 1. The molecule has 0 spiro atoms. The molecule has 0 aliphatic carbocycles. The lowest BCUT2D eigenvalue weighted by Crippen LogP contribution is -2.20. The van der Waals surface area contributed by atoms with Crippen LogP contribution in [-0.4, -0.2) is 23.6 Å². The number of nitriles is 1. The molecule has 0 bridgehead atoms. The van der Waals surface area contributed by atoms with Crippen LogP contribution in [0.1, 0.15) is 5.56 Å². The summed E-state index contributed by atoms with van der Waals surface area (Å²) in [6.07, 6.45) is -0.665. The molecule has 1 aromatic carbocycles. The summed E-state index contributed by atoms with van der Waals surface area (Å²) in [4.78, 5) is 0. The van der Waals surface area contributed by atoms with Gasteiger partial charge in [-0.1, -0.05) is 0 Å². The van der Waals surface area contributed by atoms with Crippen LogP contribution in [0.5, 0.6) is 0 Å². The average molecular weight is 229 g/mol. The number of benzene rings is 1. The minimum absolute atomic E-state index is 0.0274. The zero-order chi connectivity index (χ0) is 11.3. The lowest BCUT2D eigenvalue weighted by molar-refractivity contribution is 0.211. The van der Waals surface area contributed by atoms with E-state index in [4.69, 9.17) is 22.0 Å². The van der Waals surface area contributed by atoms with Gasteiger partial charge in [0.15, 0.2) is 0 Å². The van der Waals surface area contributed by atoms with Crippen LogP contribution >= 0.6 is 11.6 Å². The maximum Gasteiger partial charge on any atom is 0.141 e. The normalized spacial score (nSPS) is 11.9. The van der Waals surface area contributed by atoms with E-state index in [-0.39, 0.29) is 18.0 Å². The van der Waals surface area contributed by atoms with Crippen LogP contribution in [0.3, 0.4) is 0 Å². The molecular weight excluding hydrogens is 219 g/mol. The number of hydrogen-bond donors (Lipinski definition) is 2. The van der Waals surface area contributed by atoms with Crippen LogP contribution in [0.4, 0.5) is 10.1 Å². The third-order valence-electron chi connectivity index (χ3n) is 1.81. The van der Waals surface area contributed by atoms with E-state index in [1.54, 1.807) is 6.07 Å². The summed E-state index contributed by atoms with van der Waals surface area (Å²) in [7, 11) is 0. The van der Waals surface area contributed by atoms with Crippen molar-refractivity contribution in [1.82, 2.24) is 0 Å². The Morgan fingerprint density at radius 3 is 2.93 bits per heavy atom. The van der Waals surface area contributed by atoms with E-state index in [9.17, 15) is 4.39 Å². The van der Waals surface area contributed by atoms with Gasteiger partial charge >= 0.3 is 0 Å². The van der Waals surface area contributed by atoms with Crippen LogP contribution in [0.15, 0.2) is 18.2 Å². The van der Waals surface area contributed by atoms with E-state index in [0.717, 1.165) is 0 Å². The number of alkyl halides is 1. The van der Waals surface area contributed by atoms with Gasteiger partial charge in [-0.25, -0.2) is 4.39 Å². The second-order valence-electron chi connectivity index (χ2n) is 3.00. The molecule has 0 aliphatic heterocycles. The maximum absolute atomic E-state index is 12.9. The van der Waals surface area contributed by atoms with Crippen molar-refractivity contribution in [3.05, 3.63) is 29.6 Å². The molecule has 0 aliphatic rings. The third kappa shape index (κ3) is 3.39. The highest BCUT2D eigenvalue weighted by molar-refractivity contribution is 6.18. The molecule has 1 unspecified atom stereocenters. The first kappa shape index (κ1) is 11.8. The van der Waals surface area contributed by atoms with Gasteiger partial charge in [0.2, 0.25) is 0 Å². The minimum Gasteiger partial charge on any atom is -0.390 e. The number of rotatable bonds is 4. The summed E-state index contributed by atoms with van der Waals surface area (Å²) in [5.74, 6) is -0.430. The molecule has 0 saturated carbocycles. The zero-order valence-electron chi connectivity index (χ0n) is 7.87. The van der Waals surface area contributed by atoms with Crippen molar-refractivity contribution in [2.75, 3.05) is 17.7 Å². The molecule has 3 nitrogen and oxygen atoms in total. The lowest BCUT2D eigenvalue weighted by Gasteiger charge is -2.10. The molecule has 15 heavy (non-hydrogen) atoms. The number of hydrogen-bond acceptors (Lipinski definition) is 3. The molecule has 0 heterocycles. The summed E-state index contributed by atoms with van der Waals surface area (Å²) in [6.45, 7) is 0.264. The fraction of sp³-hybridized carbons (Fsp3) is 0.300. The van der Waals surface area contributed by atoms with Crippen LogP contribution in [0, 0.1) is 17.1 Å². The van der Waals surface area contributed by atoms with Gasteiger partial charge in [-0.05, 0) is 18.2 Å². The SMILES string of the molecule is N#Cc1cc(NCC(O)CCl)ccc1F. The van der Waals surface area contributed by atoms with Crippen molar-refractivity contribution in [3.8, 4) is 6.07 Å². The van der Waals surface area contributed by atoms with Gasteiger partial charge in [-0.15, -0.1) is 11.6 Å². The third-order valence-corrected chi connectivity index (χ3v) is 2.16. The number of nitrogens with one attached hydrogen (secondary N) is 1. The monoisotopic (exact) mass is 228 g/mol. The summed E-state index contributed by atoms with van der Waals surface area (Å²) in [5, 5.41) is 20.6. The second-order valence-corrected chi connectivity index (χ2v) is 3.30. The summed E-state index contributed by atoms with van der Waals surface area (Å²) < 4.78 is 12.9. The highest BCUT2D eigenvalue weighted by atomic mass is 35.5. The fourth-order valence-electron chi connectivity index (χ4n) is 1.01. The molecule has 1 aromatic rings. The Morgan fingerprint density at radius 2 is 2.33 bits per heavy atom. The smallest absolute Gasteiger partial charge is 0.141 e. The summed E-state index contributed by atoms with van der Waals surface area (Å²) >= 11 is 5.40. The summed E-state index contributed by atoms with van der Waals surface area (Å²) in [6, 6.07) is 5.82. The van der Waals surface area contributed by atoms with Crippen molar-refractivity contribution >= 4 is 17.3 Å². The maximum atomic E-state index is 12.9. The van der Waals surface area contributed by atoms with Crippen molar-refractivity contribution in [2.45, 2.75) is 6.10 Å². The van der Waals surface area contributed by atoms with Crippen molar-refractivity contribution in [3.63, 3.8) is 0 Å². The van der Waals surface area contributed by atoms with Crippen LogP contribution in [0.25, 0.3) is 0 Å². The van der Waals surface area contributed by atoms with Gasteiger partial charge in [0.25, 0.3) is 0 Å². The number of nitrogens with zero attached hydrogens (tertiary/aromatic N) is 1. The quantitative estimate of drug-likeness (QED) is 0.772. The molecule has 0 amide bonds. The van der Waals surface area contributed by atoms with Gasteiger partial charge in [-0.2, -0.15) is 5.26 Å². The van der Waals surface area contributed by atoms with Crippen molar-refractivity contribution in [2.24, 2.45) is 0 Å². The second kappa shape index (κ2) is 5.54. The Labute approximate surface area is 92.1 Å². The molecule has 80 valence electrons. The summed E-state index contributed by atoms with van der Waals surface area (Å²) in [5.41, 5.74) is 0.553. The molecule has 1 rings (SSSR count). The minimum atomic E-state index is -0.665. The predicted octanol–water partition coefficient (Wildman–Crippen LogP) is 1.71. The first-order valence-corrected chi connectivity index (χ1v) is 4.88. The fourth-order valence-corrected chi connectivity index (χ4v) is 1.12. The van der Waals surface area contributed by atoms with E-state index < -0.39 is 11.9 Å². The number of aliphatic hydroxyl groups excluding tert-OH is 1. The van der Waals surface area contributed by atoms with E-state index in [1.807, 2.05) is 0 Å². The lowest BCUT2D eigenvalue weighted by atomic mass is 10.2. The molecule has 0 aromatic heterocycles. The van der Waals surface area contributed by atoms with Gasteiger partial charge in [0, 0.05) is 12.2 Å². The van der Waals surface area contributed by atoms with Crippen molar-refractivity contribution in [1.29, 1.82) is 5.26 Å². The first-order chi connectivity index (χ1) is 7.17. The van der Waals surface area contributed by atoms with Gasteiger partial charge < -0.3 is 10.4 Å². The number of halogens is 2. The Morgan fingerprint density at radius 1 is 1.60 bits per heavy atom. The Bertz CT molecular complexity index is 378. The van der Waals surface area contributed by atoms with Crippen LogP contribution < -0.4 is 5.32 Å². The molecule has 1 atom stereocenters. The van der Waals surface area contributed by atoms with Crippen molar-refractivity contribution < 1.29 is 9.50 Å². The molecule has 0 saturated heterocycles. The zero-order valence-corrected chi connectivity index (χ0v) is 8.63. The van der Waals surface area contributed by atoms with E-state index in [0.29, 0.717) is 5.69 Å². The molecule has 0 fully saturated rings. The molecule has 5 heteroatoms. The van der Waals surface area contributed by atoms with Crippen LogP contribution in [0.2, 0.25) is 0 Å². The molecule has 2 N–H and O–H groups in total. The average Bonchev–Trinajstić information content (AvgIpc) is 2.27. The van der Waals surface area contributed by atoms with E-state index in [1.165, 1.54) is 18.2 Å². The Hall–Kier alpha value is -1.31. The molecular formula is C10H10ClFN2O. The predicted molar refractivity (Wildman–Crippen MR) is 56.3 cm³/mol. The first-order valence-electron chi connectivity index (χ1n) is 4.35. The topological polar surface area (TPSA) is 56.0 Å². The Balaban J connectivity index is 2.67. The highest BCUT2D eigenvalue weighted by Crippen LogP contribution is 2.13. The van der Waals surface area contributed by atoms with Crippen LogP contribution in [-0.2, 0) is 0 Å². The standard InChI is InChI=1S/C10H10ClFN2O/c11-4-9(15)6-14-8-1-2-10(12)7(3-8)5-13/h1-3,9,14-15H,4,6H2. The van der Waals surface area contributed by atoms with E-state index >= 15 is 0 Å². The van der Waals surface area contributed by atoms with Gasteiger partial charge in [0.05, 0.1) is 17.5 Å². The highest BCUT2D eigenvalue weighted by Gasteiger charge is 2.04. The largest absolute Gasteiger partial charge is 0.390 e.